The Labute approximate surface area is 210 Å². The van der Waals surface area contributed by atoms with Gasteiger partial charge in [-0.2, -0.15) is 11.3 Å². The van der Waals surface area contributed by atoms with Gasteiger partial charge < -0.3 is 21.1 Å². The molecule has 35 heavy (non-hydrogen) atoms. The number of aromatic nitrogens is 3. The van der Waals surface area contributed by atoms with Crippen molar-refractivity contribution in [2.24, 2.45) is 0 Å². The van der Waals surface area contributed by atoms with Gasteiger partial charge in [0, 0.05) is 40.7 Å². The molecule has 1 atom stereocenters. The van der Waals surface area contributed by atoms with Crippen LogP contribution in [0.1, 0.15) is 37.1 Å². The molecule has 3 aromatic heterocycles. The van der Waals surface area contributed by atoms with E-state index in [9.17, 15) is 14.3 Å². The summed E-state index contributed by atoms with van der Waals surface area (Å²) in [6.45, 7) is 0.396. The number of rotatable bonds is 7. The minimum absolute atomic E-state index is 0.238. The highest BCUT2D eigenvalue weighted by Gasteiger charge is 2.26. The molecule has 0 aromatic carbocycles. The van der Waals surface area contributed by atoms with E-state index in [2.05, 4.69) is 30.9 Å². The summed E-state index contributed by atoms with van der Waals surface area (Å²) in [4.78, 5) is 25.2. The lowest BCUT2D eigenvalue weighted by Gasteiger charge is -2.29. The molecule has 1 amide bonds. The van der Waals surface area contributed by atoms with Gasteiger partial charge in [0.2, 0.25) is 5.95 Å². The monoisotopic (exact) mass is 512 g/mol. The molecular formula is C24H25FN6O2S2. The standard InChI is InChI=1S/C24H25FN6O2S2/c25-18-5-6-19(14-8-10-34-13-14)30-20(18)12-27-15-1-3-16(4-2-15)28-23-26-9-7-17(29-23)11-21-22(32)31-24(33)35-21/h5-11,13,15-16,22,27,32H,1-4,12H2,(H,31,33)(H,26,28,29)/b21-11-/t15-,16-,22?. The molecule has 1 unspecified atom stereocenters. The van der Waals surface area contributed by atoms with Crippen LogP contribution in [0.25, 0.3) is 17.3 Å². The fourth-order valence-electron chi connectivity index (χ4n) is 4.20. The van der Waals surface area contributed by atoms with Crippen LogP contribution in [0, 0.1) is 5.82 Å². The first-order chi connectivity index (χ1) is 17.0. The highest BCUT2D eigenvalue weighted by molar-refractivity contribution is 8.17. The molecule has 0 bridgehead atoms. The number of hydrogen-bond donors (Lipinski definition) is 4. The predicted molar refractivity (Wildman–Crippen MR) is 136 cm³/mol. The number of halogens is 1. The Kier molecular flexibility index (Phi) is 7.37. The largest absolute Gasteiger partial charge is 0.369 e. The molecular weight excluding hydrogens is 487 g/mol. The number of carbonyl (C=O) groups excluding carboxylic acids is 1. The maximum atomic E-state index is 14.3. The quantitative estimate of drug-likeness (QED) is 0.369. The molecule has 0 spiro atoms. The Balaban J connectivity index is 1.12. The highest BCUT2D eigenvalue weighted by atomic mass is 32.2. The van der Waals surface area contributed by atoms with E-state index in [0.717, 1.165) is 48.7 Å². The van der Waals surface area contributed by atoms with Crippen molar-refractivity contribution >= 4 is 40.4 Å². The van der Waals surface area contributed by atoms with Crippen LogP contribution in [0.2, 0.25) is 0 Å². The van der Waals surface area contributed by atoms with Gasteiger partial charge in [0.05, 0.1) is 17.1 Å². The number of hydrogen-bond acceptors (Lipinski definition) is 9. The Hall–Kier alpha value is -2.86. The SMILES string of the molecule is O=C1NC(O)/C(=C/c2ccnc(N[C@H]3CC[C@H](NCc4nc(-c5ccsc5)ccc4F)CC3)n2)S1. The van der Waals surface area contributed by atoms with Crippen LogP contribution in [0.15, 0.2) is 46.1 Å². The summed E-state index contributed by atoms with van der Waals surface area (Å²) in [5.41, 5.74) is 2.86. The van der Waals surface area contributed by atoms with Crippen molar-refractivity contribution in [1.82, 2.24) is 25.6 Å². The Morgan fingerprint density at radius 2 is 1.97 bits per heavy atom. The number of anilines is 1. The summed E-state index contributed by atoms with van der Waals surface area (Å²) in [6.07, 6.45) is 6.11. The molecule has 4 heterocycles. The van der Waals surface area contributed by atoms with E-state index in [1.54, 1.807) is 35.7 Å². The van der Waals surface area contributed by atoms with Crippen LogP contribution in [0.3, 0.4) is 0 Å². The number of aliphatic hydroxyl groups is 1. The first-order valence-electron chi connectivity index (χ1n) is 11.4. The van der Waals surface area contributed by atoms with Crippen molar-refractivity contribution in [3.8, 4) is 11.3 Å². The second-order valence-electron chi connectivity index (χ2n) is 8.50. The van der Waals surface area contributed by atoms with Gasteiger partial charge in [0.15, 0.2) is 6.23 Å². The number of carbonyl (C=O) groups is 1. The third-order valence-corrected chi connectivity index (χ3v) is 7.62. The summed E-state index contributed by atoms with van der Waals surface area (Å²) in [5, 5.41) is 22.9. The number of nitrogens with zero attached hydrogens (tertiary/aromatic N) is 3. The third kappa shape index (κ3) is 6.04. The van der Waals surface area contributed by atoms with Crippen LogP contribution in [0.4, 0.5) is 15.1 Å². The lowest BCUT2D eigenvalue weighted by molar-refractivity contribution is 0.192. The molecule has 1 aliphatic heterocycles. The van der Waals surface area contributed by atoms with Crippen molar-refractivity contribution < 1.29 is 14.3 Å². The van der Waals surface area contributed by atoms with Crippen LogP contribution < -0.4 is 16.0 Å². The molecule has 1 aliphatic carbocycles. The van der Waals surface area contributed by atoms with E-state index >= 15 is 0 Å². The fourth-order valence-corrected chi connectivity index (χ4v) is 5.58. The smallest absolute Gasteiger partial charge is 0.285 e. The first-order valence-corrected chi connectivity index (χ1v) is 13.2. The van der Waals surface area contributed by atoms with E-state index in [0.29, 0.717) is 34.8 Å². The van der Waals surface area contributed by atoms with Gasteiger partial charge in [-0.05, 0) is 73.2 Å². The molecule has 8 nitrogen and oxygen atoms in total. The Morgan fingerprint density at radius 3 is 2.71 bits per heavy atom. The number of aliphatic hydroxyl groups excluding tert-OH is 1. The number of nitrogens with one attached hydrogen (secondary N) is 3. The minimum atomic E-state index is -0.997. The van der Waals surface area contributed by atoms with Gasteiger partial charge in [0.1, 0.15) is 5.82 Å². The van der Waals surface area contributed by atoms with E-state index in [1.165, 1.54) is 6.07 Å². The zero-order valence-electron chi connectivity index (χ0n) is 18.8. The summed E-state index contributed by atoms with van der Waals surface area (Å²) in [5.74, 6) is 0.228. The van der Waals surface area contributed by atoms with Crippen LogP contribution in [0.5, 0.6) is 0 Å². The highest BCUT2D eigenvalue weighted by Crippen LogP contribution is 2.28. The molecule has 3 aromatic rings. The molecule has 2 aliphatic rings. The average molecular weight is 513 g/mol. The van der Waals surface area contributed by atoms with Gasteiger partial charge in [-0.15, -0.1) is 0 Å². The summed E-state index contributed by atoms with van der Waals surface area (Å²) in [6, 6.07) is 7.46. The second kappa shape index (κ2) is 10.8. The van der Waals surface area contributed by atoms with Crippen molar-refractivity contribution in [2.75, 3.05) is 5.32 Å². The first kappa shape index (κ1) is 23.9. The maximum absolute atomic E-state index is 14.3. The number of pyridine rings is 1. The van der Waals surface area contributed by atoms with Gasteiger partial charge in [-0.1, -0.05) is 0 Å². The summed E-state index contributed by atoms with van der Waals surface area (Å²) in [7, 11) is 0. The van der Waals surface area contributed by atoms with Gasteiger partial charge >= 0.3 is 0 Å². The van der Waals surface area contributed by atoms with Crippen molar-refractivity contribution in [3.05, 3.63) is 63.3 Å². The minimum Gasteiger partial charge on any atom is -0.369 e. The normalized spacial score (nSPS) is 23.4. The lowest BCUT2D eigenvalue weighted by Crippen LogP contribution is -2.37. The van der Waals surface area contributed by atoms with Gasteiger partial charge in [0.25, 0.3) is 5.24 Å². The lowest BCUT2D eigenvalue weighted by atomic mass is 9.91. The number of thioether (sulfide) groups is 1. The van der Waals surface area contributed by atoms with Crippen molar-refractivity contribution in [1.29, 1.82) is 0 Å². The molecule has 1 saturated heterocycles. The molecule has 1 saturated carbocycles. The molecule has 11 heteroatoms. The van der Waals surface area contributed by atoms with E-state index in [4.69, 9.17) is 0 Å². The van der Waals surface area contributed by atoms with Crippen molar-refractivity contribution in [2.45, 2.75) is 50.5 Å². The summed E-state index contributed by atoms with van der Waals surface area (Å²) < 4.78 is 14.3. The van der Waals surface area contributed by atoms with E-state index in [-0.39, 0.29) is 17.1 Å². The fraction of sp³-hybridized carbons (Fsp3) is 0.333. The van der Waals surface area contributed by atoms with Crippen LogP contribution >= 0.6 is 23.1 Å². The second-order valence-corrected chi connectivity index (χ2v) is 10.3. The molecule has 182 valence electrons. The van der Waals surface area contributed by atoms with Crippen LogP contribution in [-0.4, -0.2) is 43.6 Å². The molecule has 5 rings (SSSR count). The zero-order chi connectivity index (χ0) is 24.2. The summed E-state index contributed by atoms with van der Waals surface area (Å²) >= 11 is 2.56. The third-order valence-electron chi connectivity index (χ3n) is 6.06. The van der Waals surface area contributed by atoms with E-state index < -0.39 is 6.23 Å². The maximum Gasteiger partial charge on any atom is 0.285 e. The van der Waals surface area contributed by atoms with Gasteiger partial charge in [-0.25, -0.2) is 19.3 Å². The van der Waals surface area contributed by atoms with Crippen molar-refractivity contribution in [3.63, 3.8) is 0 Å². The number of thiophene rings is 1. The topological polar surface area (TPSA) is 112 Å². The predicted octanol–water partition coefficient (Wildman–Crippen LogP) is 4.37. The number of amides is 1. The molecule has 2 fully saturated rings. The van der Waals surface area contributed by atoms with E-state index in [1.807, 2.05) is 16.8 Å². The average Bonchev–Trinajstić information content (AvgIpc) is 3.49. The molecule has 0 radical (unpaired) electrons. The van der Waals surface area contributed by atoms with Crippen LogP contribution in [-0.2, 0) is 6.54 Å². The zero-order valence-corrected chi connectivity index (χ0v) is 20.4. The van der Waals surface area contributed by atoms with Gasteiger partial charge in [-0.3, -0.25) is 4.79 Å². The molecule has 4 N–H and O–H groups in total. The Morgan fingerprint density at radius 1 is 1.14 bits per heavy atom. The Bertz CT molecular complexity index is 1210.